The molecule has 0 saturated carbocycles. The first-order valence-electron chi connectivity index (χ1n) is 6.36. The molecule has 0 radical (unpaired) electrons. The zero-order valence-corrected chi connectivity index (χ0v) is 12.9. The molecule has 98 valence electrons. The summed E-state index contributed by atoms with van der Waals surface area (Å²) in [6.45, 7) is 12.9. The van der Waals surface area contributed by atoms with E-state index in [2.05, 4.69) is 59.1 Å². The highest BCUT2D eigenvalue weighted by atomic mass is 32.1. The quantitative estimate of drug-likeness (QED) is 0.691. The minimum absolute atomic E-state index is 0.0394. The second-order valence-corrected chi connectivity index (χ2v) is 7.93. The number of phenols is 1. The third kappa shape index (κ3) is 2.14. The fourth-order valence-electron chi connectivity index (χ4n) is 2.43. The van der Waals surface area contributed by atoms with Gasteiger partial charge in [0.1, 0.15) is 5.75 Å². The SMILES string of the molecule is CC(C)(C)c1cc2sccc2c(C(C)(C)C)c1O. The Bertz CT molecular complexity index is 579. The molecule has 0 bridgehead atoms. The predicted molar refractivity (Wildman–Crippen MR) is 80.9 cm³/mol. The molecule has 18 heavy (non-hydrogen) atoms. The zero-order valence-electron chi connectivity index (χ0n) is 12.1. The molecule has 0 amide bonds. The summed E-state index contributed by atoms with van der Waals surface area (Å²) in [6, 6.07) is 4.26. The smallest absolute Gasteiger partial charge is 0.123 e. The molecule has 0 fully saturated rings. The summed E-state index contributed by atoms with van der Waals surface area (Å²) in [6.07, 6.45) is 0. The molecule has 0 unspecified atom stereocenters. The van der Waals surface area contributed by atoms with Gasteiger partial charge in [-0.3, -0.25) is 0 Å². The van der Waals surface area contributed by atoms with E-state index in [1.807, 2.05) is 0 Å². The van der Waals surface area contributed by atoms with Gasteiger partial charge in [0.05, 0.1) is 0 Å². The number of fused-ring (bicyclic) bond motifs is 1. The summed E-state index contributed by atoms with van der Waals surface area (Å²) < 4.78 is 1.27. The lowest BCUT2D eigenvalue weighted by Gasteiger charge is -2.28. The summed E-state index contributed by atoms with van der Waals surface area (Å²) in [5.74, 6) is 0.473. The summed E-state index contributed by atoms with van der Waals surface area (Å²) in [5.41, 5.74) is 2.03. The molecule has 2 rings (SSSR count). The van der Waals surface area contributed by atoms with E-state index >= 15 is 0 Å². The summed E-state index contributed by atoms with van der Waals surface area (Å²) in [4.78, 5) is 0. The maximum absolute atomic E-state index is 10.7. The van der Waals surface area contributed by atoms with Gasteiger partial charge in [0.15, 0.2) is 0 Å². The van der Waals surface area contributed by atoms with E-state index in [4.69, 9.17) is 0 Å². The van der Waals surface area contributed by atoms with Gasteiger partial charge in [-0.1, -0.05) is 41.5 Å². The lowest BCUT2D eigenvalue weighted by molar-refractivity contribution is 0.426. The van der Waals surface area contributed by atoms with Gasteiger partial charge < -0.3 is 5.11 Å². The van der Waals surface area contributed by atoms with E-state index in [1.54, 1.807) is 11.3 Å². The number of rotatable bonds is 0. The molecule has 0 aliphatic heterocycles. The second-order valence-electron chi connectivity index (χ2n) is 6.98. The molecule has 1 heterocycles. The first-order chi connectivity index (χ1) is 8.12. The molecule has 0 saturated heterocycles. The topological polar surface area (TPSA) is 20.2 Å². The van der Waals surface area contributed by atoms with E-state index in [-0.39, 0.29) is 10.8 Å². The normalized spacial score (nSPS) is 13.2. The van der Waals surface area contributed by atoms with Crippen molar-refractivity contribution in [2.24, 2.45) is 0 Å². The summed E-state index contributed by atoms with van der Waals surface area (Å²) in [7, 11) is 0. The Hall–Kier alpha value is -1.02. The third-order valence-electron chi connectivity index (χ3n) is 3.29. The number of benzene rings is 1. The van der Waals surface area contributed by atoms with Crippen molar-refractivity contribution in [1.29, 1.82) is 0 Å². The van der Waals surface area contributed by atoms with Crippen LogP contribution in [0.5, 0.6) is 5.75 Å². The van der Waals surface area contributed by atoms with Gasteiger partial charge in [0, 0.05) is 15.8 Å². The first-order valence-corrected chi connectivity index (χ1v) is 7.24. The largest absolute Gasteiger partial charge is 0.507 e. The van der Waals surface area contributed by atoms with Crippen LogP contribution in [0.1, 0.15) is 52.7 Å². The Morgan fingerprint density at radius 3 is 2.11 bits per heavy atom. The molecule has 1 aromatic carbocycles. The van der Waals surface area contributed by atoms with Crippen molar-refractivity contribution in [3.8, 4) is 5.75 Å². The third-order valence-corrected chi connectivity index (χ3v) is 4.15. The fraction of sp³-hybridized carbons (Fsp3) is 0.500. The average molecular weight is 262 g/mol. The van der Waals surface area contributed by atoms with Crippen LogP contribution in [0.3, 0.4) is 0 Å². The molecular formula is C16H22OS. The van der Waals surface area contributed by atoms with E-state index in [0.717, 1.165) is 11.1 Å². The van der Waals surface area contributed by atoms with Crippen molar-refractivity contribution in [2.75, 3.05) is 0 Å². The molecule has 1 nitrogen and oxygen atoms in total. The fourth-order valence-corrected chi connectivity index (χ4v) is 3.27. The summed E-state index contributed by atoms with van der Waals surface area (Å²) in [5, 5.41) is 14.0. The molecule has 0 aliphatic rings. The Labute approximate surface area is 113 Å². The Kier molecular flexibility index (Phi) is 2.97. The van der Waals surface area contributed by atoms with Crippen LogP contribution < -0.4 is 0 Å². The van der Waals surface area contributed by atoms with E-state index in [0.29, 0.717) is 5.75 Å². The van der Waals surface area contributed by atoms with Crippen molar-refractivity contribution in [3.63, 3.8) is 0 Å². The van der Waals surface area contributed by atoms with Gasteiger partial charge in [-0.25, -0.2) is 0 Å². The molecule has 2 heteroatoms. The standard InChI is InChI=1S/C16H22OS/c1-15(2,3)11-9-12-10(7-8-18-12)13(14(11)17)16(4,5)6/h7-9,17H,1-6H3. The van der Waals surface area contributed by atoms with Crippen LogP contribution in [0.4, 0.5) is 0 Å². The number of thiophene rings is 1. The van der Waals surface area contributed by atoms with Crippen LogP contribution in [-0.4, -0.2) is 5.11 Å². The Morgan fingerprint density at radius 1 is 1.00 bits per heavy atom. The predicted octanol–water partition coefficient (Wildman–Crippen LogP) is 5.20. The summed E-state index contributed by atoms with van der Waals surface area (Å²) >= 11 is 1.75. The van der Waals surface area contributed by atoms with E-state index in [9.17, 15) is 5.11 Å². The van der Waals surface area contributed by atoms with Crippen molar-refractivity contribution in [2.45, 2.75) is 52.4 Å². The highest BCUT2D eigenvalue weighted by Crippen LogP contribution is 2.44. The lowest BCUT2D eigenvalue weighted by Crippen LogP contribution is -2.17. The molecule has 0 atom stereocenters. The van der Waals surface area contributed by atoms with Crippen LogP contribution >= 0.6 is 11.3 Å². The van der Waals surface area contributed by atoms with Crippen LogP contribution in [0.15, 0.2) is 17.5 Å². The second kappa shape index (κ2) is 3.99. The minimum Gasteiger partial charge on any atom is -0.507 e. The van der Waals surface area contributed by atoms with Crippen molar-refractivity contribution in [1.82, 2.24) is 0 Å². The Balaban J connectivity index is 2.89. The van der Waals surface area contributed by atoms with Gasteiger partial charge in [-0.05, 0) is 33.7 Å². The Morgan fingerprint density at radius 2 is 1.61 bits per heavy atom. The minimum atomic E-state index is -0.0509. The van der Waals surface area contributed by atoms with Gasteiger partial charge in [-0.2, -0.15) is 0 Å². The number of hydrogen-bond donors (Lipinski definition) is 1. The molecule has 2 aromatic rings. The maximum Gasteiger partial charge on any atom is 0.123 e. The van der Waals surface area contributed by atoms with Crippen LogP contribution in [0.2, 0.25) is 0 Å². The molecule has 1 aromatic heterocycles. The van der Waals surface area contributed by atoms with Crippen LogP contribution in [0.25, 0.3) is 10.1 Å². The van der Waals surface area contributed by atoms with Crippen molar-refractivity contribution < 1.29 is 5.11 Å². The zero-order chi connectivity index (χ0) is 13.7. The molecule has 1 N–H and O–H groups in total. The first kappa shape index (κ1) is 13.4. The highest BCUT2D eigenvalue weighted by molar-refractivity contribution is 7.17. The van der Waals surface area contributed by atoms with Crippen molar-refractivity contribution in [3.05, 3.63) is 28.6 Å². The lowest BCUT2D eigenvalue weighted by atomic mass is 9.78. The monoisotopic (exact) mass is 262 g/mol. The maximum atomic E-state index is 10.7. The number of aromatic hydroxyl groups is 1. The van der Waals surface area contributed by atoms with Gasteiger partial charge in [0.2, 0.25) is 0 Å². The number of phenolic OH excluding ortho intramolecular Hbond substituents is 1. The van der Waals surface area contributed by atoms with Gasteiger partial charge in [0.25, 0.3) is 0 Å². The van der Waals surface area contributed by atoms with Gasteiger partial charge >= 0.3 is 0 Å². The van der Waals surface area contributed by atoms with Crippen LogP contribution in [-0.2, 0) is 10.8 Å². The molecular weight excluding hydrogens is 240 g/mol. The molecule has 0 aliphatic carbocycles. The van der Waals surface area contributed by atoms with E-state index in [1.165, 1.54) is 10.1 Å². The van der Waals surface area contributed by atoms with Gasteiger partial charge in [-0.15, -0.1) is 11.3 Å². The van der Waals surface area contributed by atoms with Crippen molar-refractivity contribution >= 4 is 21.4 Å². The number of hydrogen-bond acceptors (Lipinski definition) is 2. The van der Waals surface area contributed by atoms with Crippen LogP contribution in [0, 0.1) is 0 Å². The molecule has 0 spiro atoms. The highest BCUT2D eigenvalue weighted by Gasteiger charge is 2.28. The average Bonchev–Trinajstić information content (AvgIpc) is 2.59. The van der Waals surface area contributed by atoms with E-state index < -0.39 is 0 Å².